The van der Waals surface area contributed by atoms with Gasteiger partial charge in [0.15, 0.2) is 0 Å². The van der Waals surface area contributed by atoms with Crippen LogP contribution in [-0.2, 0) is 6.54 Å². The van der Waals surface area contributed by atoms with Crippen LogP contribution in [0.5, 0.6) is 0 Å². The molecule has 3 atom stereocenters. The van der Waals surface area contributed by atoms with Gasteiger partial charge in [0.25, 0.3) is 5.56 Å². The van der Waals surface area contributed by atoms with Crippen LogP contribution in [-0.4, -0.2) is 10.6 Å². The summed E-state index contributed by atoms with van der Waals surface area (Å²) in [7, 11) is 0. The van der Waals surface area contributed by atoms with Crippen molar-refractivity contribution in [2.45, 2.75) is 66.0 Å². The SMILES string of the molecule is CCCn1cc(NC2CC(C)CCC2C(C)C)ccc1=O. The molecule has 118 valence electrons. The van der Waals surface area contributed by atoms with Gasteiger partial charge < -0.3 is 9.88 Å². The molecule has 0 aromatic carbocycles. The van der Waals surface area contributed by atoms with Crippen molar-refractivity contribution >= 4 is 5.69 Å². The highest BCUT2D eigenvalue weighted by atomic mass is 16.1. The van der Waals surface area contributed by atoms with Gasteiger partial charge in [-0.1, -0.05) is 34.1 Å². The highest BCUT2D eigenvalue weighted by molar-refractivity contribution is 5.41. The first-order valence-electron chi connectivity index (χ1n) is 8.48. The maximum Gasteiger partial charge on any atom is 0.250 e. The number of aromatic nitrogens is 1. The zero-order chi connectivity index (χ0) is 15.4. The molecule has 3 heteroatoms. The number of aryl methyl sites for hydroxylation is 1. The van der Waals surface area contributed by atoms with Gasteiger partial charge in [0.05, 0.1) is 5.69 Å². The molecule has 0 radical (unpaired) electrons. The van der Waals surface area contributed by atoms with Gasteiger partial charge in [-0.2, -0.15) is 0 Å². The smallest absolute Gasteiger partial charge is 0.250 e. The van der Waals surface area contributed by atoms with Crippen molar-refractivity contribution < 1.29 is 0 Å². The minimum Gasteiger partial charge on any atom is -0.381 e. The highest BCUT2D eigenvalue weighted by Crippen LogP contribution is 2.35. The van der Waals surface area contributed by atoms with Gasteiger partial charge >= 0.3 is 0 Å². The summed E-state index contributed by atoms with van der Waals surface area (Å²) in [5.74, 6) is 2.23. The number of hydrogen-bond acceptors (Lipinski definition) is 2. The average Bonchev–Trinajstić information content (AvgIpc) is 2.42. The van der Waals surface area contributed by atoms with E-state index in [4.69, 9.17) is 0 Å². The Morgan fingerprint density at radius 1 is 1.33 bits per heavy atom. The Hall–Kier alpha value is -1.25. The molecule has 0 aliphatic heterocycles. The molecule has 3 nitrogen and oxygen atoms in total. The summed E-state index contributed by atoms with van der Waals surface area (Å²) >= 11 is 0. The number of pyridine rings is 1. The van der Waals surface area contributed by atoms with Crippen molar-refractivity contribution in [1.29, 1.82) is 0 Å². The van der Waals surface area contributed by atoms with Crippen LogP contribution in [0.3, 0.4) is 0 Å². The standard InChI is InChI=1S/C18H30N2O/c1-5-10-20-12-15(7-9-18(20)21)19-17-11-14(4)6-8-16(17)13(2)3/h7,9,12-14,16-17,19H,5-6,8,10-11H2,1-4H3. The Kier molecular flexibility index (Phi) is 5.49. The monoisotopic (exact) mass is 290 g/mol. The number of hydrogen-bond donors (Lipinski definition) is 1. The van der Waals surface area contributed by atoms with Gasteiger partial charge in [0, 0.05) is 24.8 Å². The van der Waals surface area contributed by atoms with Crippen molar-refractivity contribution in [1.82, 2.24) is 4.57 Å². The maximum absolute atomic E-state index is 11.8. The Morgan fingerprint density at radius 3 is 2.76 bits per heavy atom. The molecule has 0 bridgehead atoms. The quantitative estimate of drug-likeness (QED) is 0.884. The first-order chi connectivity index (χ1) is 10.0. The minimum atomic E-state index is 0.0971. The lowest BCUT2D eigenvalue weighted by Crippen LogP contribution is -2.38. The summed E-state index contributed by atoms with van der Waals surface area (Å²) in [6.07, 6.45) is 6.86. The van der Waals surface area contributed by atoms with Crippen molar-refractivity contribution in [3.8, 4) is 0 Å². The first kappa shape index (κ1) is 16.1. The zero-order valence-electron chi connectivity index (χ0n) is 13.9. The molecular formula is C18H30N2O. The van der Waals surface area contributed by atoms with Gasteiger partial charge in [-0.25, -0.2) is 0 Å². The van der Waals surface area contributed by atoms with Crippen LogP contribution in [0.1, 0.15) is 53.4 Å². The molecule has 0 spiro atoms. The molecule has 1 aliphatic carbocycles. The predicted molar refractivity (Wildman–Crippen MR) is 89.7 cm³/mol. The summed E-state index contributed by atoms with van der Waals surface area (Å²) in [5.41, 5.74) is 1.19. The van der Waals surface area contributed by atoms with Crippen LogP contribution in [0.25, 0.3) is 0 Å². The lowest BCUT2D eigenvalue weighted by molar-refractivity contribution is 0.212. The predicted octanol–water partition coefficient (Wildman–Crippen LogP) is 4.13. The molecule has 1 heterocycles. The fourth-order valence-electron chi connectivity index (χ4n) is 3.61. The molecule has 2 rings (SSSR count). The van der Waals surface area contributed by atoms with Gasteiger partial charge in [0.1, 0.15) is 0 Å². The second-order valence-corrected chi connectivity index (χ2v) is 7.03. The van der Waals surface area contributed by atoms with E-state index in [2.05, 4.69) is 33.0 Å². The van der Waals surface area contributed by atoms with E-state index in [1.807, 2.05) is 16.8 Å². The molecule has 1 fully saturated rings. The second kappa shape index (κ2) is 7.15. The third kappa shape index (κ3) is 4.12. The number of nitrogens with one attached hydrogen (secondary N) is 1. The van der Waals surface area contributed by atoms with Crippen molar-refractivity contribution in [3.05, 3.63) is 28.7 Å². The van der Waals surface area contributed by atoms with Crippen LogP contribution in [0.4, 0.5) is 5.69 Å². The maximum atomic E-state index is 11.8. The van der Waals surface area contributed by atoms with Crippen molar-refractivity contribution in [2.24, 2.45) is 17.8 Å². The van der Waals surface area contributed by atoms with E-state index in [0.29, 0.717) is 12.0 Å². The molecule has 0 amide bonds. The molecular weight excluding hydrogens is 260 g/mol. The van der Waals surface area contributed by atoms with Gasteiger partial charge in [-0.3, -0.25) is 4.79 Å². The summed E-state index contributed by atoms with van der Waals surface area (Å²) in [4.78, 5) is 11.8. The molecule has 1 saturated carbocycles. The Bertz CT molecular complexity index is 506. The lowest BCUT2D eigenvalue weighted by atomic mass is 9.74. The first-order valence-corrected chi connectivity index (χ1v) is 8.48. The number of nitrogens with zero attached hydrogens (tertiary/aromatic N) is 1. The third-order valence-corrected chi connectivity index (χ3v) is 4.82. The molecule has 21 heavy (non-hydrogen) atoms. The molecule has 3 unspecified atom stereocenters. The molecule has 1 aromatic rings. The van der Waals surface area contributed by atoms with E-state index < -0.39 is 0 Å². The number of anilines is 1. The topological polar surface area (TPSA) is 34.0 Å². The number of rotatable bonds is 5. The fourth-order valence-corrected chi connectivity index (χ4v) is 3.61. The van der Waals surface area contributed by atoms with Crippen LogP contribution in [0, 0.1) is 17.8 Å². The van der Waals surface area contributed by atoms with E-state index in [9.17, 15) is 4.79 Å². The van der Waals surface area contributed by atoms with Gasteiger partial charge in [-0.15, -0.1) is 0 Å². The molecule has 1 aromatic heterocycles. The normalized spacial score (nSPS) is 26.0. The Labute approximate surface area is 128 Å². The van der Waals surface area contributed by atoms with E-state index >= 15 is 0 Å². The Morgan fingerprint density at radius 2 is 2.10 bits per heavy atom. The second-order valence-electron chi connectivity index (χ2n) is 7.03. The van der Waals surface area contributed by atoms with Crippen LogP contribution in [0.15, 0.2) is 23.1 Å². The van der Waals surface area contributed by atoms with Crippen molar-refractivity contribution in [2.75, 3.05) is 5.32 Å². The van der Waals surface area contributed by atoms with E-state index in [1.165, 1.54) is 19.3 Å². The third-order valence-electron chi connectivity index (χ3n) is 4.82. The van der Waals surface area contributed by atoms with Crippen LogP contribution < -0.4 is 10.9 Å². The molecule has 1 aliphatic rings. The Balaban J connectivity index is 2.14. The molecule has 1 N–H and O–H groups in total. The van der Waals surface area contributed by atoms with E-state index in [0.717, 1.165) is 30.5 Å². The summed E-state index contributed by atoms with van der Waals surface area (Å²) in [5, 5.41) is 3.71. The average molecular weight is 290 g/mol. The van der Waals surface area contributed by atoms with E-state index in [-0.39, 0.29) is 5.56 Å². The fraction of sp³-hybridized carbons (Fsp3) is 0.722. The van der Waals surface area contributed by atoms with Gasteiger partial charge in [0.2, 0.25) is 0 Å². The minimum absolute atomic E-state index is 0.0971. The lowest BCUT2D eigenvalue weighted by Gasteiger charge is -2.38. The van der Waals surface area contributed by atoms with E-state index in [1.54, 1.807) is 6.07 Å². The largest absolute Gasteiger partial charge is 0.381 e. The summed E-state index contributed by atoms with van der Waals surface area (Å²) in [6, 6.07) is 4.15. The summed E-state index contributed by atoms with van der Waals surface area (Å²) < 4.78 is 1.82. The van der Waals surface area contributed by atoms with Crippen molar-refractivity contribution in [3.63, 3.8) is 0 Å². The van der Waals surface area contributed by atoms with Gasteiger partial charge in [-0.05, 0) is 43.1 Å². The zero-order valence-corrected chi connectivity index (χ0v) is 13.9. The highest BCUT2D eigenvalue weighted by Gasteiger charge is 2.30. The van der Waals surface area contributed by atoms with Crippen LogP contribution in [0.2, 0.25) is 0 Å². The van der Waals surface area contributed by atoms with Crippen LogP contribution >= 0.6 is 0 Å². The molecule has 0 saturated heterocycles. The summed E-state index contributed by atoms with van der Waals surface area (Å²) in [6.45, 7) is 9.90.